The van der Waals surface area contributed by atoms with Crippen LogP contribution >= 0.6 is 0 Å². The van der Waals surface area contributed by atoms with Crippen LogP contribution in [-0.2, 0) is 28.5 Å². The van der Waals surface area contributed by atoms with Crippen LogP contribution in [0.3, 0.4) is 0 Å². The molecule has 0 aromatic rings. The summed E-state index contributed by atoms with van der Waals surface area (Å²) in [4.78, 5) is 25.3. The monoisotopic (exact) mass is 938 g/mol. The average molecular weight is 938 g/mol. The summed E-state index contributed by atoms with van der Waals surface area (Å²) < 4.78 is 23.4. The Bertz CT molecular complexity index is 1720. The number of cyclic esters (lactones) is 1. The van der Waals surface area contributed by atoms with Crippen LogP contribution in [0.1, 0.15) is 86.0 Å². The van der Waals surface area contributed by atoms with E-state index in [1.165, 1.54) is 19.9 Å². The minimum Gasteiger partial charge on any atom is -0.481 e. The molecule has 2 saturated heterocycles. The van der Waals surface area contributed by atoms with Crippen LogP contribution in [-0.4, -0.2) is 165 Å². The highest BCUT2D eigenvalue weighted by Crippen LogP contribution is 2.44. The summed E-state index contributed by atoms with van der Waals surface area (Å²) in [5, 5.41) is 119. The number of esters is 1. The van der Waals surface area contributed by atoms with Gasteiger partial charge in [0, 0.05) is 37.5 Å². The lowest BCUT2D eigenvalue weighted by atomic mass is 9.74. The first-order valence-corrected chi connectivity index (χ1v) is 22.7. The van der Waals surface area contributed by atoms with Crippen molar-refractivity contribution in [1.29, 1.82) is 0 Å². The second-order valence-corrected chi connectivity index (χ2v) is 18.2. The Morgan fingerprint density at radius 1 is 0.667 bits per heavy atom. The van der Waals surface area contributed by atoms with Crippen molar-refractivity contribution in [3.05, 3.63) is 85.1 Å². The molecular weight excluding hydrogens is 863 g/mol. The Hall–Kier alpha value is -3.44. The maximum absolute atomic E-state index is 12.7. The minimum atomic E-state index is -2.36. The number of carbonyl (C=O) groups is 2. The van der Waals surface area contributed by atoms with Gasteiger partial charge in [0.25, 0.3) is 0 Å². The van der Waals surface area contributed by atoms with Crippen molar-refractivity contribution in [3.8, 4) is 0 Å². The van der Waals surface area contributed by atoms with Gasteiger partial charge in [0.15, 0.2) is 12.1 Å². The van der Waals surface area contributed by atoms with E-state index >= 15 is 0 Å². The molecule has 18 nitrogen and oxygen atoms in total. The van der Waals surface area contributed by atoms with Gasteiger partial charge in [-0.05, 0) is 40.0 Å². The summed E-state index contributed by atoms with van der Waals surface area (Å²) in [7, 11) is 0. The second kappa shape index (κ2) is 26.9. The quantitative estimate of drug-likeness (QED) is 0.176. The zero-order valence-electron chi connectivity index (χ0n) is 38.5. The normalized spacial score (nSPS) is 46.1. The molecule has 3 heterocycles. The number of carbonyl (C=O) groups excluding carboxylic acids is 1. The van der Waals surface area contributed by atoms with Crippen molar-refractivity contribution >= 4 is 11.9 Å². The molecule has 66 heavy (non-hydrogen) atoms. The fourth-order valence-corrected chi connectivity index (χ4v) is 8.48. The van der Waals surface area contributed by atoms with Crippen LogP contribution < -0.4 is 5.73 Å². The molecule has 2 bridgehead atoms. The van der Waals surface area contributed by atoms with E-state index in [1.54, 1.807) is 74.6 Å². The highest BCUT2D eigenvalue weighted by Gasteiger charge is 2.57. The Morgan fingerprint density at radius 3 is 1.80 bits per heavy atom. The first-order valence-electron chi connectivity index (χ1n) is 22.7. The van der Waals surface area contributed by atoms with Gasteiger partial charge in [0.2, 0.25) is 0 Å². The molecule has 7 unspecified atom stereocenters. The Morgan fingerprint density at radius 2 is 1.23 bits per heavy atom. The van der Waals surface area contributed by atoms with Crippen LogP contribution in [0.4, 0.5) is 0 Å². The molecule has 374 valence electrons. The molecule has 0 radical (unpaired) electrons. The highest BCUT2D eigenvalue weighted by molar-refractivity contribution is 5.72. The van der Waals surface area contributed by atoms with E-state index in [1.807, 2.05) is 25.2 Å². The molecule has 2 fully saturated rings. The Kier molecular flexibility index (Phi) is 23.2. The number of aliphatic carboxylic acids is 1. The maximum Gasteiger partial charge on any atom is 0.312 e. The summed E-state index contributed by atoms with van der Waals surface area (Å²) in [6.07, 6.45) is 4.70. The number of carboxylic acid groups (broad SMARTS) is 1. The number of ether oxygens (including phenoxy) is 4. The lowest BCUT2D eigenvalue weighted by molar-refractivity contribution is -0.337. The van der Waals surface area contributed by atoms with E-state index in [4.69, 9.17) is 24.7 Å². The number of aliphatic hydroxyl groups excluding tert-OH is 9. The highest BCUT2D eigenvalue weighted by atomic mass is 16.7. The van der Waals surface area contributed by atoms with Gasteiger partial charge >= 0.3 is 11.9 Å². The van der Waals surface area contributed by atoms with Crippen LogP contribution in [0.2, 0.25) is 0 Å². The summed E-state index contributed by atoms with van der Waals surface area (Å²) in [6, 6.07) is -1.16. The largest absolute Gasteiger partial charge is 0.481 e. The number of fused-ring (bicyclic) bond motifs is 2. The molecule has 0 aromatic heterocycles. The van der Waals surface area contributed by atoms with Crippen LogP contribution in [0.5, 0.6) is 0 Å². The van der Waals surface area contributed by atoms with Crippen molar-refractivity contribution in [2.24, 2.45) is 23.5 Å². The number of hydrogen-bond donors (Lipinski definition) is 12. The van der Waals surface area contributed by atoms with Crippen LogP contribution in [0.15, 0.2) is 85.1 Å². The Labute approximate surface area is 387 Å². The summed E-state index contributed by atoms with van der Waals surface area (Å²) in [5.74, 6) is -6.93. The molecule has 13 N–H and O–H groups in total. The molecule has 0 amide bonds. The number of nitrogens with two attached hydrogens (primary N) is 1. The molecule has 0 aliphatic carbocycles. The molecule has 3 rings (SSSR count). The average Bonchev–Trinajstić information content (AvgIpc) is 3.21. The van der Waals surface area contributed by atoms with Crippen LogP contribution in [0, 0.1) is 17.8 Å². The number of carboxylic acids is 1. The molecule has 0 spiro atoms. The van der Waals surface area contributed by atoms with Crippen molar-refractivity contribution in [1.82, 2.24) is 0 Å². The fraction of sp³-hybridized carbons (Fsp3) is 0.667. The molecule has 19 atom stereocenters. The maximum atomic E-state index is 12.7. The van der Waals surface area contributed by atoms with Gasteiger partial charge in [-0.2, -0.15) is 0 Å². The number of aliphatic hydroxyl groups is 10. The van der Waals surface area contributed by atoms with Gasteiger partial charge in [0.05, 0.1) is 79.1 Å². The molecule has 0 aromatic carbocycles. The van der Waals surface area contributed by atoms with Gasteiger partial charge in [-0.3, -0.25) is 9.59 Å². The number of rotatable bonds is 3. The smallest absolute Gasteiger partial charge is 0.312 e. The summed E-state index contributed by atoms with van der Waals surface area (Å²) in [5.41, 5.74) is 4.12. The van der Waals surface area contributed by atoms with E-state index in [-0.39, 0.29) is 31.6 Å². The summed E-state index contributed by atoms with van der Waals surface area (Å²) >= 11 is 0. The topological polar surface area (TPSA) is 320 Å². The van der Waals surface area contributed by atoms with E-state index < -0.39 is 146 Å². The van der Waals surface area contributed by atoms with E-state index in [0.29, 0.717) is 0 Å². The summed E-state index contributed by atoms with van der Waals surface area (Å²) in [6.45, 7) is 8.08. The van der Waals surface area contributed by atoms with Crippen LogP contribution in [0.25, 0.3) is 0 Å². The number of allylic oxidation sites excluding steroid dienone is 12. The lowest BCUT2D eigenvalue weighted by Gasteiger charge is -2.51. The fourth-order valence-electron chi connectivity index (χ4n) is 8.48. The first kappa shape index (κ1) is 56.9. The number of hydrogen-bond acceptors (Lipinski definition) is 17. The molecule has 18 heteroatoms. The van der Waals surface area contributed by atoms with E-state index in [2.05, 4.69) is 0 Å². The van der Waals surface area contributed by atoms with Crippen molar-refractivity contribution in [3.63, 3.8) is 0 Å². The van der Waals surface area contributed by atoms with Gasteiger partial charge in [-0.1, -0.05) is 98.9 Å². The van der Waals surface area contributed by atoms with Gasteiger partial charge in [-0.25, -0.2) is 0 Å². The van der Waals surface area contributed by atoms with Crippen molar-refractivity contribution < 1.29 is 84.7 Å². The second-order valence-electron chi connectivity index (χ2n) is 18.2. The third-order valence-electron chi connectivity index (χ3n) is 12.4. The zero-order chi connectivity index (χ0) is 49.4. The van der Waals surface area contributed by atoms with Gasteiger partial charge in [-0.15, -0.1) is 0 Å². The van der Waals surface area contributed by atoms with Gasteiger partial charge in [0.1, 0.15) is 18.1 Å². The molecular formula is C48H75NO17. The predicted molar refractivity (Wildman–Crippen MR) is 242 cm³/mol. The zero-order valence-corrected chi connectivity index (χ0v) is 38.5. The standard InChI is InChI=1S/C48H75NO17/c1-28-18-16-14-12-10-8-6-7-9-11-13-15-17-19-35(65-46-44(59)41(49)43(58)31(4)64-46)26-47(5)40(45(60)61)38(55)27-48(62,66-47)25-34(52)23-37(54)36(53)21-20-32(50)22-33(51)24-39(56)63-30(3)29(2)42(28)57/h6-19,28-38,40-44,46,50-55,57-59,62H,20-27,49H2,1-5H3,(H,60,61)/b7-6+,10-8+,11-9+,14-12+,15-13+,18-16+,19-17+/t28?,29-,30?,31?,32+,33+,34-,35-,36+,37+,38-,40-,41?,42+,43?,44?,46?,47-,48+/m0/s1. The van der Waals surface area contributed by atoms with E-state index in [0.717, 1.165) is 0 Å². The molecule has 3 aliphatic heterocycles. The molecule has 3 aliphatic rings. The van der Waals surface area contributed by atoms with Gasteiger partial charge < -0.3 is 80.9 Å². The van der Waals surface area contributed by atoms with E-state index in [9.17, 15) is 65.8 Å². The SMILES string of the molecule is CC1OC(O[C@H]2/C=C/C=C/C=C/C=C/C=C/C=C/C=C/C(C)[C@@H](O)[C@@H](C)C(C)OC(=O)C[C@H](O)C[C@H](O)CC[C@@H](O)[C@H](O)C[C@H](O)C[C@]3(O)C[C@H](O)[C@@H](C(=O)O)[C@](C)(C2)O3)C(O)C(N)C1O. The Balaban J connectivity index is 1.90. The third-order valence-corrected chi connectivity index (χ3v) is 12.4. The minimum absolute atomic E-state index is 0.110. The predicted octanol–water partition coefficient (Wildman–Crippen LogP) is 1.10. The van der Waals surface area contributed by atoms with Crippen molar-refractivity contribution in [2.45, 2.75) is 183 Å². The van der Waals surface area contributed by atoms with Crippen molar-refractivity contribution in [2.75, 3.05) is 0 Å². The first-order chi connectivity index (χ1) is 31.0. The molecule has 0 saturated carbocycles. The lowest BCUT2D eigenvalue weighted by Crippen LogP contribution is -2.63. The third kappa shape index (κ3) is 17.9.